The van der Waals surface area contributed by atoms with E-state index in [1.54, 1.807) is 48.5 Å². The molecule has 3 aromatic carbocycles. The van der Waals surface area contributed by atoms with Crippen molar-refractivity contribution in [2.45, 2.75) is 43.9 Å². The maximum absolute atomic E-state index is 13.2. The molecule has 0 atom stereocenters. The average molecular weight is 452 g/mol. The van der Waals surface area contributed by atoms with Crippen LogP contribution in [0.5, 0.6) is 5.75 Å². The van der Waals surface area contributed by atoms with Crippen LogP contribution in [0.25, 0.3) is 0 Å². The molecular formula is C26H29NO4S. The lowest BCUT2D eigenvalue weighted by Gasteiger charge is -2.23. The summed E-state index contributed by atoms with van der Waals surface area (Å²) in [5.41, 5.74) is 1.60. The summed E-state index contributed by atoms with van der Waals surface area (Å²) in [6.45, 7) is 6.76. The third-order valence-electron chi connectivity index (χ3n) is 5.02. The highest BCUT2D eigenvalue weighted by Crippen LogP contribution is 2.26. The van der Waals surface area contributed by atoms with Gasteiger partial charge in [0.05, 0.1) is 17.2 Å². The van der Waals surface area contributed by atoms with E-state index >= 15 is 0 Å². The number of carbonyl (C=O) groups excluding carboxylic acids is 1. The number of para-hydroxylation sites is 1. The van der Waals surface area contributed by atoms with E-state index in [1.807, 2.05) is 24.3 Å². The molecule has 0 aromatic heterocycles. The van der Waals surface area contributed by atoms with Crippen LogP contribution < -0.4 is 9.04 Å². The largest absolute Gasteiger partial charge is 0.494 e. The molecule has 0 aliphatic heterocycles. The number of hydrogen-bond donors (Lipinski definition) is 0. The number of amides is 1. The van der Waals surface area contributed by atoms with Gasteiger partial charge in [0.25, 0.3) is 10.0 Å². The van der Waals surface area contributed by atoms with E-state index < -0.39 is 15.9 Å². The predicted molar refractivity (Wildman–Crippen MR) is 127 cm³/mol. The van der Waals surface area contributed by atoms with Gasteiger partial charge in [0, 0.05) is 6.42 Å². The van der Waals surface area contributed by atoms with Crippen molar-refractivity contribution in [1.82, 2.24) is 0 Å². The quantitative estimate of drug-likeness (QED) is 0.420. The van der Waals surface area contributed by atoms with Crippen molar-refractivity contribution < 1.29 is 17.9 Å². The molecule has 0 saturated carbocycles. The van der Waals surface area contributed by atoms with Gasteiger partial charge in [-0.1, -0.05) is 69.3 Å². The van der Waals surface area contributed by atoms with Crippen LogP contribution in [-0.4, -0.2) is 20.9 Å². The zero-order valence-electron chi connectivity index (χ0n) is 18.7. The minimum atomic E-state index is -4.02. The van der Waals surface area contributed by atoms with Gasteiger partial charge in [-0.25, -0.2) is 12.7 Å². The fourth-order valence-corrected chi connectivity index (χ4v) is 4.71. The van der Waals surface area contributed by atoms with Gasteiger partial charge in [-0.05, 0) is 53.8 Å². The number of sulfonamides is 1. The first-order chi connectivity index (χ1) is 15.2. The van der Waals surface area contributed by atoms with E-state index in [-0.39, 0.29) is 16.7 Å². The molecule has 0 fully saturated rings. The third kappa shape index (κ3) is 5.77. The SMILES string of the molecule is CC(C)(C)c1ccc(OCCCC(=O)N(c2ccccc2)S(=O)(=O)c2ccccc2)cc1. The van der Waals surface area contributed by atoms with Gasteiger partial charge >= 0.3 is 0 Å². The van der Waals surface area contributed by atoms with Gasteiger partial charge in [-0.2, -0.15) is 0 Å². The molecule has 0 aliphatic rings. The Labute approximate surface area is 190 Å². The Bertz CT molecular complexity index is 1120. The molecule has 0 spiro atoms. The average Bonchev–Trinajstić information content (AvgIpc) is 2.78. The van der Waals surface area contributed by atoms with Gasteiger partial charge in [-0.15, -0.1) is 0 Å². The van der Waals surface area contributed by atoms with Gasteiger partial charge in [-0.3, -0.25) is 4.79 Å². The lowest BCUT2D eigenvalue weighted by Crippen LogP contribution is -2.37. The Hall–Kier alpha value is -3.12. The summed E-state index contributed by atoms with van der Waals surface area (Å²) >= 11 is 0. The van der Waals surface area contributed by atoms with E-state index in [0.29, 0.717) is 18.7 Å². The lowest BCUT2D eigenvalue weighted by atomic mass is 9.87. The normalized spacial score (nSPS) is 11.7. The standard InChI is InChI=1S/C26H29NO4S/c1-26(2,3)21-16-18-23(19-17-21)31-20-10-15-25(28)27(22-11-6-4-7-12-22)32(29,30)24-13-8-5-9-14-24/h4-9,11-14,16-19H,10,15,20H2,1-3H3. The molecular weight excluding hydrogens is 422 g/mol. The van der Waals surface area contributed by atoms with Crippen LogP contribution in [0.3, 0.4) is 0 Å². The second-order valence-corrected chi connectivity index (χ2v) is 10.3. The Balaban J connectivity index is 1.67. The maximum atomic E-state index is 13.2. The molecule has 0 N–H and O–H groups in total. The fourth-order valence-electron chi connectivity index (χ4n) is 3.24. The fraction of sp³-hybridized carbons (Fsp3) is 0.269. The summed E-state index contributed by atoms with van der Waals surface area (Å²) in [6.07, 6.45) is 0.439. The summed E-state index contributed by atoms with van der Waals surface area (Å²) in [5, 5.41) is 0. The van der Waals surface area contributed by atoms with E-state index in [1.165, 1.54) is 17.7 Å². The zero-order chi connectivity index (χ0) is 23.2. The topological polar surface area (TPSA) is 63.7 Å². The molecule has 0 unspecified atom stereocenters. The summed E-state index contributed by atoms with van der Waals surface area (Å²) < 4.78 is 33.1. The highest BCUT2D eigenvalue weighted by atomic mass is 32.2. The second-order valence-electron chi connectivity index (χ2n) is 8.54. The van der Waals surface area contributed by atoms with Crippen molar-refractivity contribution in [3.63, 3.8) is 0 Å². The van der Waals surface area contributed by atoms with Crippen LogP contribution in [0, 0.1) is 0 Å². The molecule has 3 aromatic rings. The molecule has 0 radical (unpaired) electrons. The van der Waals surface area contributed by atoms with E-state index in [9.17, 15) is 13.2 Å². The van der Waals surface area contributed by atoms with E-state index in [0.717, 1.165) is 10.1 Å². The third-order valence-corrected chi connectivity index (χ3v) is 6.79. The minimum absolute atomic E-state index is 0.0427. The van der Waals surface area contributed by atoms with Crippen LogP contribution in [0.15, 0.2) is 89.8 Å². The molecule has 32 heavy (non-hydrogen) atoms. The number of rotatable bonds is 8. The molecule has 0 bridgehead atoms. The summed E-state index contributed by atoms with van der Waals surface area (Å²) in [5.74, 6) is 0.231. The summed E-state index contributed by atoms with van der Waals surface area (Å²) in [7, 11) is -4.02. The number of benzene rings is 3. The zero-order valence-corrected chi connectivity index (χ0v) is 19.5. The van der Waals surface area contributed by atoms with Crippen molar-refractivity contribution in [2.75, 3.05) is 10.9 Å². The highest BCUT2D eigenvalue weighted by molar-refractivity contribution is 7.93. The van der Waals surface area contributed by atoms with Gasteiger partial charge < -0.3 is 4.74 Å². The van der Waals surface area contributed by atoms with E-state index in [2.05, 4.69) is 20.8 Å². The molecule has 168 valence electrons. The minimum Gasteiger partial charge on any atom is -0.494 e. The summed E-state index contributed by atoms with van der Waals surface area (Å²) in [6, 6.07) is 24.3. The molecule has 0 aliphatic carbocycles. The first kappa shape index (κ1) is 23.5. The Morgan fingerprint density at radius 2 is 1.41 bits per heavy atom. The van der Waals surface area contributed by atoms with Gasteiger partial charge in [0.2, 0.25) is 5.91 Å². The van der Waals surface area contributed by atoms with Gasteiger partial charge in [0.15, 0.2) is 0 Å². The van der Waals surface area contributed by atoms with Crippen molar-refractivity contribution in [1.29, 1.82) is 0 Å². The molecule has 6 heteroatoms. The smallest absolute Gasteiger partial charge is 0.270 e. The highest BCUT2D eigenvalue weighted by Gasteiger charge is 2.30. The second kappa shape index (κ2) is 10.0. The van der Waals surface area contributed by atoms with Crippen LogP contribution in [0.2, 0.25) is 0 Å². The van der Waals surface area contributed by atoms with Crippen molar-refractivity contribution in [3.05, 3.63) is 90.5 Å². The lowest BCUT2D eigenvalue weighted by molar-refractivity contribution is -0.117. The Morgan fingerprint density at radius 1 is 0.844 bits per heavy atom. The van der Waals surface area contributed by atoms with Crippen LogP contribution >= 0.6 is 0 Å². The number of carbonyl (C=O) groups is 1. The molecule has 1 amide bonds. The first-order valence-corrected chi connectivity index (χ1v) is 12.1. The summed E-state index contributed by atoms with van der Waals surface area (Å²) in [4.78, 5) is 13.1. The van der Waals surface area contributed by atoms with Crippen molar-refractivity contribution in [3.8, 4) is 5.75 Å². The molecule has 3 rings (SSSR count). The number of nitrogens with zero attached hydrogens (tertiary/aromatic N) is 1. The van der Waals surface area contributed by atoms with Crippen LogP contribution in [0.1, 0.15) is 39.2 Å². The van der Waals surface area contributed by atoms with Crippen LogP contribution in [0.4, 0.5) is 5.69 Å². The molecule has 0 heterocycles. The number of ether oxygens (including phenoxy) is 1. The molecule has 5 nitrogen and oxygen atoms in total. The van der Waals surface area contributed by atoms with Crippen molar-refractivity contribution >= 4 is 21.6 Å². The number of anilines is 1. The van der Waals surface area contributed by atoms with Gasteiger partial charge in [0.1, 0.15) is 5.75 Å². The Kier molecular flexibility index (Phi) is 7.36. The van der Waals surface area contributed by atoms with Crippen LogP contribution in [-0.2, 0) is 20.2 Å². The van der Waals surface area contributed by atoms with E-state index in [4.69, 9.17) is 4.74 Å². The monoisotopic (exact) mass is 451 g/mol. The molecule has 0 saturated heterocycles. The first-order valence-electron chi connectivity index (χ1n) is 10.6. The van der Waals surface area contributed by atoms with Crippen molar-refractivity contribution in [2.24, 2.45) is 0 Å². The predicted octanol–water partition coefficient (Wildman–Crippen LogP) is 5.57. The maximum Gasteiger partial charge on any atom is 0.270 e. The Morgan fingerprint density at radius 3 is 1.97 bits per heavy atom. The number of hydrogen-bond acceptors (Lipinski definition) is 4.